The van der Waals surface area contributed by atoms with Crippen molar-refractivity contribution in [1.29, 1.82) is 0 Å². The fourth-order valence-corrected chi connectivity index (χ4v) is 2.74. The smallest absolute Gasteiger partial charge is 0.321 e. The topological polar surface area (TPSA) is 58.4 Å². The van der Waals surface area contributed by atoms with Crippen LogP contribution in [0, 0.1) is 0 Å². The minimum Gasteiger partial charge on any atom is -0.480 e. The Balaban J connectivity index is 1.86. The van der Waals surface area contributed by atoms with Crippen molar-refractivity contribution in [3.05, 3.63) is 53.3 Å². The van der Waals surface area contributed by atoms with Crippen LogP contribution in [0.1, 0.15) is 16.8 Å². The second-order valence-corrected chi connectivity index (χ2v) is 5.21. The molecule has 0 radical (unpaired) electrons. The van der Waals surface area contributed by atoms with E-state index < -0.39 is 12.0 Å². The number of fused-ring (bicyclic) bond motifs is 1. The van der Waals surface area contributed by atoms with E-state index in [1.165, 1.54) is 5.56 Å². The lowest BCUT2D eigenvalue weighted by atomic mass is 9.94. The van der Waals surface area contributed by atoms with Gasteiger partial charge in [-0.05, 0) is 23.6 Å². The second kappa shape index (κ2) is 5.09. The summed E-state index contributed by atoms with van der Waals surface area (Å²) in [5, 5.41) is 13.8. The van der Waals surface area contributed by atoms with Crippen LogP contribution in [0.4, 0.5) is 0 Å². The van der Waals surface area contributed by atoms with Gasteiger partial charge in [-0.15, -0.1) is 0 Å². The van der Waals surface area contributed by atoms with E-state index >= 15 is 0 Å². The molecule has 2 aromatic rings. The van der Waals surface area contributed by atoms with E-state index in [1.54, 1.807) is 4.68 Å². The summed E-state index contributed by atoms with van der Waals surface area (Å²) in [7, 11) is 1.86. The van der Waals surface area contributed by atoms with Crippen molar-refractivity contribution in [1.82, 2.24) is 14.7 Å². The maximum absolute atomic E-state index is 11.5. The van der Waals surface area contributed by atoms with Gasteiger partial charge in [0.1, 0.15) is 6.04 Å². The number of carboxylic acids is 1. The highest BCUT2D eigenvalue weighted by molar-refractivity contribution is 5.74. The Hall–Kier alpha value is -2.14. The first-order valence-electron chi connectivity index (χ1n) is 6.65. The van der Waals surface area contributed by atoms with Crippen molar-refractivity contribution in [3.63, 3.8) is 0 Å². The number of hydrogen-bond donors (Lipinski definition) is 1. The fourth-order valence-electron chi connectivity index (χ4n) is 2.74. The zero-order valence-corrected chi connectivity index (χ0v) is 11.4. The van der Waals surface area contributed by atoms with E-state index in [1.807, 2.05) is 42.4 Å². The summed E-state index contributed by atoms with van der Waals surface area (Å²) in [6, 6.07) is 9.50. The minimum atomic E-state index is -0.768. The molecule has 0 saturated heterocycles. The van der Waals surface area contributed by atoms with Crippen LogP contribution in [0.2, 0.25) is 0 Å². The van der Waals surface area contributed by atoms with Crippen molar-refractivity contribution >= 4 is 5.97 Å². The van der Waals surface area contributed by atoms with E-state index in [-0.39, 0.29) is 0 Å². The van der Waals surface area contributed by atoms with E-state index in [0.29, 0.717) is 19.5 Å². The zero-order valence-electron chi connectivity index (χ0n) is 11.4. The molecule has 1 aliphatic heterocycles. The highest BCUT2D eigenvalue weighted by atomic mass is 16.4. The van der Waals surface area contributed by atoms with Gasteiger partial charge in [-0.1, -0.05) is 24.3 Å². The predicted molar refractivity (Wildman–Crippen MR) is 74.0 cm³/mol. The molecule has 0 unspecified atom stereocenters. The van der Waals surface area contributed by atoms with E-state index in [4.69, 9.17) is 0 Å². The van der Waals surface area contributed by atoms with Crippen LogP contribution in [-0.2, 0) is 31.4 Å². The predicted octanol–water partition coefficient (Wildman–Crippen LogP) is 1.43. The number of nitrogens with zero attached hydrogens (tertiary/aromatic N) is 3. The molecule has 0 aliphatic carbocycles. The first-order chi connectivity index (χ1) is 9.63. The minimum absolute atomic E-state index is 0.480. The Labute approximate surface area is 117 Å². The fraction of sp³-hybridized carbons (Fsp3) is 0.333. The van der Waals surface area contributed by atoms with Crippen LogP contribution < -0.4 is 0 Å². The zero-order chi connectivity index (χ0) is 14.1. The summed E-state index contributed by atoms with van der Waals surface area (Å²) in [4.78, 5) is 13.5. The van der Waals surface area contributed by atoms with Gasteiger partial charge in [0, 0.05) is 26.3 Å². The molecular formula is C15H17N3O2. The number of benzene rings is 1. The quantitative estimate of drug-likeness (QED) is 0.917. The first-order valence-corrected chi connectivity index (χ1v) is 6.65. The van der Waals surface area contributed by atoms with Gasteiger partial charge in [0.2, 0.25) is 0 Å². The molecule has 1 aromatic carbocycles. The molecule has 1 atom stereocenters. The SMILES string of the molecule is Cn1ccc(CN2Cc3ccccc3C[C@H]2C(=O)O)n1. The van der Waals surface area contributed by atoms with Gasteiger partial charge >= 0.3 is 5.97 Å². The average Bonchev–Trinajstić information content (AvgIpc) is 2.83. The average molecular weight is 271 g/mol. The number of aliphatic carboxylic acids is 1. The Morgan fingerprint density at radius 2 is 2.10 bits per heavy atom. The van der Waals surface area contributed by atoms with Gasteiger partial charge in [0.05, 0.1) is 5.69 Å². The lowest BCUT2D eigenvalue weighted by Crippen LogP contribution is -2.45. The molecule has 0 saturated carbocycles. The lowest BCUT2D eigenvalue weighted by Gasteiger charge is -2.33. The van der Waals surface area contributed by atoms with Crippen LogP contribution in [0.15, 0.2) is 36.5 Å². The van der Waals surface area contributed by atoms with Gasteiger partial charge in [-0.3, -0.25) is 14.4 Å². The maximum atomic E-state index is 11.5. The molecule has 1 N–H and O–H groups in total. The third-order valence-corrected chi connectivity index (χ3v) is 3.76. The standard InChI is InChI=1S/C15H17N3O2/c1-17-7-6-13(16-17)10-18-9-12-5-3-2-4-11(12)8-14(18)15(19)20/h2-7,14H,8-10H2,1H3,(H,19,20)/t14-/m0/s1. The van der Waals surface area contributed by atoms with Gasteiger partial charge < -0.3 is 5.11 Å². The normalized spacial score (nSPS) is 18.8. The largest absolute Gasteiger partial charge is 0.480 e. The maximum Gasteiger partial charge on any atom is 0.321 e. The third kappa shape index (κ3) is 2.44. The molecule has 0 bridgehead atoms. The van der Waals surface area contributed by atoms with E-state index in [9.17, 15) is 9.90 Å². The van der Waals surface area contributed by atoms with Crippen LogP contribution in [0.25, 0.3) is 0 Å². The number of aryl methyl sites for hydroxylation is 1. The van der Waals surface area contributed by atoms with Gasteiger partial charge in [-0.25, -0.2) is 0 Å². The number of carboxylic acid groups (broad SMARTS) is 1. The van der Waals surface area contributed by atoms with Gasteiger partial charge in [-0.2, -0.15) is 5.10 Å². The van der Waals surface area contributed by atoms with Crippen molar-refractivity contribution in [2.24, 2.45) is 7.05 Å². The summed E-state index contributed by atoms with van der Waals surface area (Å²) in [5.41, 5.74) is 3.25. The summed E-state index contributed by atoms with van der Waals surface area (Å²) < 4.78 is 1.74. The Kier molecular flexibility index (Phi) is 3.28. The molecule has 20 heavy (non-hydrogen) atoms. The van der Waals surface area contributed by atoms with Crippen LogP contribution in [0.3, 0.4) is 0 Å². The Morgan fingerprint density at radius 3 is 2.75 bits per heavy atom. The van der Waals surface area contributed by atoms with Crippen molar-refractivity contribution < 1.29 is 9.90 Å². The van der Waals surface area contributed by atoms with Gasteiger partial charge in [0.25, 0.3) is 0 Å². The Morgan fingerprint density at radius 1 is 1.35 bits per heavy atom. The van der Waals surface area contributed by atoms with Crippen LogP contribution in [0.5, 0.6) is 0 Å². The molecule has 0 amide bonds. The summed E-state index contributed by atoms with van der Waals surface area (Å²) >= 11 is 0. The van der Waals surface area contributed by atoms with Crippen molar-refractivity contribution in [2.45, 2.75) is 25.6 Å². The molecular weight excluding hydrogens is 254 g/mol. The summed E-state index contributed by atoms with van der Waals surface area (Å²) in [6.07, 6.45) is 2.43. The van der Waals surface area contributed by atoms with E-state index in [0.717, 1.165) is 11.3 Å². The van der Waals surface area contributed by atoms with Crippen LogP contribution in [-0.4, -0.2) is 31.8 Å². The second-order valence-electron chi connectivity index (χ2n) is 5.21. The number of carbonyl (C=O) groups is 1. The number of hydrogen-bond acceptors (Lipinski definition) is 3. The van der Waals surface area contributed by atoms with Crippen molar-refractivity contribution in [3.8, 4) is 0 Å². The molecule has 1 aliphatic rings. The highest BCUT2D eigenvalue weighted by Crippen LogP contribution is 2.24. The Bertz CT molecular complexity index is 636. The monoisotopic (exact) mass is 271 g/mol. The van der Waals surface area contributed by atoms with E-state index in [2.05, 4.69) is 11.2 Å². The molecule has 1 aromatic heterocycles. The molecule has 0 fully saturated rings. The molecule has 2 heterocycles. The summed E-state index contributed by atoms with van der Waals surface area (Å²) in [6.45, 7) is 1.22. The van der Waals surface area contributed by atoms with Crippen molar-refractivity contribution in [2.75, 3.05) is 0 Å². The molecule has 3 rings (SSSR count). The van der Waals surface area contributed by atoms with Gasteiger partial charge in [0.15, 0.2) is 0 Å². The molecule has 0 spiro atoms. The number of aromatic nitrogens is 2. The third-order valence-electron chi connectivity index (χ3n) is 3.76. The highest BCUT2D eigenvalue weighted by Gasteiger charge is 2.31. The lowest BCUT2D eigenvalue weighted by molar-refractivity contribution is -0.144. The first kappa shape index (κ1) is 12.9. The van der Waals surface area contributed by atoms with Crippen LogP contribution >= 0.6 is 0 Å². The number of rotatable bonds is 3. The molecule has 5 nitrogen and oxygen atoms in total. The molecule has 104 valence electrons. The summed E-state index contributed by atoms with van der Waals surface area (Å²) in [5.74, 6) is -0.768. The molecule has 5 heteroatoms.